The highest BCUT2D eigenvalue weighted by molar-refractivity contribution is 5.29. The summed E-state index contributed by atoms with van der Waals surface area (Å²) in [7, 11) is 0. The van der Waals surface area contributed by atoms with Gasteiger partial charge in [0, 0.05) is 32.7 Å². The van der Waals surface area contributed by atoms with Crippen molar-refractivity contribution in [2.75, 3.05) is 26.2 Å². The Morgan fingerprint density at radius 1 is 1.08 bits per heavy atom. The van der Waals surface area contributed by atoms with Gasteiger partial charge in [-0.2, -0.15) is 0 Å². The lowest BCUT2D eigenvalue weighted by Crippen LogP contribution is -2.41. The maximum Gasteiger partial charge on any atom is 0.123 e. The molecule has 0 spiro atoms. The number of hydrogen-bond acceptors (Lipinski definition) is 3. The Kier molecular flexibility index (Phi) is 6.19. The SMILES string of the molecule is CC(CNCC(O)CN1CCc2ccccc2C1)c1ccc(F)cc1. The van der Waals surface area contributed by atoms with Crippen molar-refractivity contribution in [3.63, 3.8) is 0 Å². The van der Waals surface area contributed by atoms with E-state index in [1.807, 2.05) is 12.1 Å². The van der Waals surface area contributed by atoms with E-state index >= 15 is 0 Å². The molecule has 1 heterocycles. The van der Waals surface area contributed by atoms with Gasteiger partial charge in [0.05, 0.1) is 6.10 Å². The van der Waals surface area contributed by atoms with Crippen LogP contribution in [0.1, 0.15) is 29.5 Å². The third-order valence-corrected chi connectivity index (χ3v) is 4.95. The summed E-state index contributed by atoms with van der Waals surface area (Å²) in [5.74, 6) is 0.0806. The van der Waals surface area contributed by atoms with E-state index in [0.29, 0.717) is 13.1 Å². The first kappa shape index (κ1) is 18.1. The Balaban J connectivity index is 1.40. The minimum atomic E-state index is -0.384. The predicted octanol–water partition coefficient (Wildman–Crippen LogP) is 2.94. The van der Waals surface area contributed by atoms with Crippen LogP contribution in [-0.4, -0.2) is 42.3 Å². The summed E-state index contributed by atoms with van der Waals surface area (Å²) in [5, 5.41) is 13.7. The molecule has 25 heavy (non-hydrogen) atoms. The van der Waals surface area contributed by atoms with Crippen molar-refractivity contribution < 1.29 is 9.50 Å². The third kappa shape index (κ3) is 5.11. The number of hydrogen-bond donors (Lipinski definition) is 2. The van der Waals surface area contributed by atoms with Crippen LogP contribution >= 0.6 is 0 Å². The second-order valence-electron chi connectivity index (χ2n) is 7.02. The number of fused-ring (bicyclic) bond motifs is 1. The molecule has 134 valence electrons. The number of aliphatic hydroxyl groups excluding tert-OH is 1. The molecule has 2 unspecified atom stereocenters. The molecule has 0 radical (unpaired) electrons. The van der Waals surface area contributed by atoms with Gasteiger partial charge in [-0.1, -0.05) is 43.3 Å². The van der Waals surface area contributed by atoms with E-state index in [1.165, 1.54) is 23.3 Å². The van der Waals surface area contributed by atoms with E-state index in [9.17, 15) is 9.50 Å². The summed E-state index contributed by atoms with van der Waals surface area (Å²) in [5.41, 5.74) is 3.91. The number of halogens is 1. The summed E-state index contributed by atoms with van der Waals surface area (Å²) in [6, 6.07) is 15.2. The quantitative estimate of drug-likeness (QED) is 0.812. The fraction of sp³-hybridized carbons (Fsp3) is 0.429. The fourth-order valence-electron chi connectivity index (χ4n) is 3.45. The molecule has 2 aromatic rings. The monoisotopic (exact) mass is 342 g/mol. The molecular formula is C21H27FN2O. The van der Waals surface area contributed by atoms with Gasteiger partial charge in [-0.25, -0.2) is 4.39 Å². The highest BCUT2D eigenvalue weighted by Gasteiger charge is 2.18. The van der Waals surface area contributed by atoms with E-state index < -0.39 is 0 Å². The maximum absolute atomic E-state index is 13.0. The highest BCUT2D eigenvalue weighted by atomic mass is 19.1. The molecule has 0 aromatic heterocycles. The molecule has 1 aliphatic rings. The number of nitrogens with one attached hydrogen (secondary N) is 1. The van der Waals surface area contributed by atoms with E-state index in [2.05, 4.69) is 41.4 Å². The largest absolute Gasteiger partial charge is 0.390 e. The molecule has 2 aromatic carbocycles. The van der Waals surface area contributed by atoms with Crippen molar-refractivity contribution in [3.8, 4) is 0 Å². The molecule has 0 amide bonds. The number of rotatable bonds is 7. The minimum absolute atomic E-state index is 0.206. The number of benzene rings is 2. The first-order valence-electron chi connectivity index (χ1n) is 9.05. The third-order valence-electron chi connectivity index (χ3n) is 4.95. The smallest absolute Gasteiger partial charge is 0.123 e. The van der Waals surface area contributed by atoms with E-state index in [4.69, 9.17) is 0 Å². The Morgan fingerprint density at radius 3 is 2.56 bits per heavy atom. The zero-order chi connectivity index (χ0) is 17.6. The van der Waals surface area contributed by atoms with Crippen LogP contribution in [0.2, 0.25) is 0 Å². The summed E-state index contributed by atoms with van der Waals surface area (Å²) >= 11 is 0. The van der Waals surface area contributed by atoms with Crippen LogP contribution in [0.15, 0.2) is 48.5 Å². The second kappa shape index (κ2) is 8.56. The second-order valence-corrected chi connectivity index (χ2v) is 7.02. The van der Waals surface area contributed by atoms with Gasteiger partial charge in [0.1, 0.15) is 5.82 Å². The topological polar surface area (TPSA) is 35.5 Å². The standard InChI is InChI=1S/C21H27FN2O/c1-16(17-6-8-20(22)9-7-17)12-23-13-21(25)15-24-11-10-18-4-2-3-5-19(18)14-24/h2-9,16,21,23,25H,10-15H2,1H3. The number of aliphatic hydroxyl groups is 1. The molecule has 2 atom stereocenters. The van der Waals surface area contributed by atoms with Crippen LogP contribution in [0.4, 0.5) is 4.39 Å². The van der Waals surface area contributed by atoms with Gasteiger partial charge in [0.25, 0.3) is 0 Å². The van der Waals surface area contributed by atoms with Crippen molar-refractivity contribution in [2.45, 2.75) is 31.9 Å². The Morgan fingerprint density at radius 2 is 1.80 bits per heavy atom. The normalized spacial score (nSPS) is 17.1. The lowest BCUT2D eigenvalue weighted by atomic mass is 9.99. The Bertz CT molecular complexity index is 674. The van der Waals surface area contributed by atoms with Gasteiger partial charge in [-0.3, -0.25) is 4.90 Å². The fourth-order valence-corrected chi connectivity index (χ4v) is 3.45. The molecule has 2 N–H and O–H groups in total. The van der Waals surface area contributed by atoms with E-state index in [1.54, 1.807) is 0 Å². The molecule has 3 rings (SSSR count). The van der Waals surface area contributed by atoms with Crippen LogP contribution in [0.3, 0.4) is 0 Å². The van der Waals surface area contributed by atoms with Crippen molar-refractivity contribution in [1.29, 1.82) is 0 Å². The Hall–Kier alpha value is -1.75. The molecule has 0 fully saturated rings. The molecule has 0 bridgehead atoms. The van der Waals surface area contributed by atoms with Gasteiger partial charge in [-0.05, 0) is 41.2 Å². The van der Waals surface area contributed by atoms with Crippen LogP contribution in [-0.2, 0) is 13.0 Å². The molecule has 0 aliphatic carbocycles. The first-order chi connectivity index (χ1) is 12.1. The van der Waals surface area contributed by atoms with Gasteiger partial charge >= 0.3 is 0 Å². The predicted molar refractivity (Wildman–Crippen MR) is 99.1 cm³/mol. The average Bonchev–Trinajstić information content (AvgIpc) is 2.62. The zero-order valence-corrected chi connectivity index (χ0v) is 14.8. The van der Waals surface area contributed by atoms with Gasteiger partial charge in [-0.15, -0.1) is 0 Å². The van der Waals surface area contributed by atoms with Crippen LogP contribution < -0.4 is 5.32 Å². The van der Waals surface area contributed by atoms with Gasteiger partial charge in [0.15, 0.2) is 0 Å². The Labute approximate surface area is 149 Å². The van der Waals surface area contributed by atoms with Crippen LogP contribution in [0, 0.1) is 5.82 Å². The number of nitrogens with zero attached hydrogens (tertiary/aromatic N) is 1. The molecule has 0 saturated carbocycles. The van der Waals surface area contributed by atoms with Crippen molar-refractivity contribution in [2.24, 2.45) is 0 Å². The summed E-state index contributed by atoms with van der Waals surface area (Å²) in [4.78, 5) is 2.32. The summed E-state index contributed by atoms with van der Waals surface area (Å²) < 4.78 is 13.0. The van der Waals surface area contributed by atoms with E-state index in [-0.39, 0.29) is 17.8 Å². The minimum Gasteiger partial charge on any atom is -0.390 e. The molecule has 1 aliphatic heterocycles. The van der Waals surface area contributed by atoms with Crippen molar-refractivity contribution in [1.82, 2.24) is 10.2 Å². The first-order valence-corrected chi connectivity index (χ1v) is 9.05. The average molecular weight is 342 g/mol. The lowest BCUT2D eigenvalue weighted by Gasteiger charge is -2.30. The lowest BCUT2D eigenvalue weighted by molar-refractivity contribution is 0.104. The molecule has 4 heteroatoms. The molecular weight excluding hydrogens is 315 g/mol. The summed E-state index contributed by atoms with van der Waals surface area (Å²) in [6.45, 7) is 6.05. The van der Waals surface area contributed by atoms with Gasteiger partial charge < -0.3 is 10.4 Å². The summed E-state index contributed by atoms with van der Waals surface area (Å²) in [6.07, 6.45) is 0.670. The van der Waals surface area contributed by atoms with Crippen LogP contribution in [0.25, 0.3) is 0 Å². The maximum atomic E-state index is 13.0. The van der Waals surface area contributed by atoms with Crippen LogP contribution in [0.5, 0.6) is 0 Å². The van der Waals surface area contributed by atoms with Crippen molar-refractivity contribution in [3.05, 3.63) is 71.0 Å². The number of β-amino-alcohol motifs (C(OH)–C–C–N with tert-alkyl or cyclic N) is 1. The molecule has 3 nitrogen and oxygen atoms in total. The van der Waals surface area contributed by atoms with Gasteiger partial charge in [0.2, 0.25) is 0 Å². The van der Waals surface area contributed by atoms with E-state index in [0.717, 1.165) is 31.6 Å². The molecule has 0 saturated heterocycles. The van der Waals surface area contributed by atoms with Crippen molar-refractivity contribution >= 4 is 0 Å². The zero-order valence-electron chi connectivity index (χ0n) is 14.8. The highest BCUT2D eigenvalue weighted by Crippen LogP contribution is 2.18.